The van der Waals surface area contributed by atoms with E-state index in [-0.39, 0.29) is 17.3 Å². The first-order valence-electron chi connectivity index (χ1n) is 7.78. The summed E-state index contributed by atoms with van der Waals surface area (Å²) in [5, 5.41) is 0.423. The van der Waals surface area contributed by atoms with Crippen LogP contribution in [0.25, 0.3) is 10.9 Å². The van der Waals surface area contributed by atoms with Gasteiger partial charge in [-0.3, -0.25) is 4.79 Å². The van der Waals surface area contributed by atoms with Crippen molar-refractivity contribution < 1.29 is 13.2 Å². The molecule has 0 spiro atoms. The molecule has 0 fully saturated rings. The third-order valence-corrected chi connectivity index (χ3v) is 5.09. The van der Waals surface area contributed by atoms with Gasteiger partial charge < -0.3 is 4.98 Å². The van der Waals surface area contributed by atoms with Crippen LogP contribution in [-0.2, 0) is 12.6 Å². The summed E-state index contributed by atoms with van der Waals surface area (Å²) >= 11 is 7.65. The zero-order valence-corrected chi connectivity index (χ0v) is 15.2. The van der Waals surface area contributed by atoms with E-state index in [0.29, 0.717) is 10.6 Å². The van der Waals surface area contributed by atoms with Crippen molar-refractivity contribution in [1.82, 2.24) is 9.97 Å². The first-order valence-corrected chi connectivity index (χ1v) is 9.14. The van der Waals surface area contributed by atoms with E-state index in [2.05, 4.69) is 9.97 Å². The molecule has 0 aliphatic heterocycles. The number of rotatable bonds is 4. The first-order chi connectivity index (χ1) is 12.3. The molecule has 1 heterocycles. The fourth-order valence-corrected chi connectivity index (χ4v) is 3.73. The van der Waals surface area contributed by atoms with E-state index < -0.39 is 17.3 Å². The average Bonchev–Trinajstić information content (AvgIpc) is 2.57. The van der Waals surface area contributed by atoms with Gasteiger partial charge in [0.15, 0.2) is 0 Å². The molecule has 3 aromatic rings. The highest BCUT2D eigenvalue weighted by atomic mass is 35.5. The van der Waals surface area contributed by atoms with E-state index in [1.165, 1.54) is 6.33 Å². The van der Waals surface area contributed by atoms with Crippen LogP contribution in [0.3, 0.4) is 0 Å². The number of hydrogen-bond donors (Lipinski definition) is 1. The summed E-state index contributed by atoms with van der Waals surface area (Å²) in [6.45, 7) is 1.99. The molecular formula is C18H14ClF3N2OS. The fourth-order valence-electron chi connectivity index (χ4n) is 2.74. The predicted molar refractivity (Wildman–Crippen MR) is 98.0 cm³/mol. The number of halogens is 4. The molecule has 136 valence electrons. The number of alkyl halides is 3. The molecule has 3 rings (SSSR count). The predicted octanol–water partition coefficient (Wildman–Crippen LogP) is 5.30. The van der Waals surface area contributed by atoms with Gasteiger partial charge in [0, 0.05) is 16.3 Å². The van der Waals surface area contributed by atoms with Crippen molar-refractivity contribution in [2.75, 3.05) is 5.75 Å². The summed E-state index contributed by atoms with van der Waals surface area (Å²) in [4.78, 5) is 19.4. The molecule has 0 unspecified atom stereocenters. The Labute approximate surface area is 156 Å². The van der Waals surface area contributed by atoms with Crippen LogP contribution in [-0.4, -0.2) is 15.7 Å². The molecule has 0 radical (unpaired) electrons. The highest BCUT2D eigenvalue weighted by Gasteiger charge is 2.32. The summed E-state index contributed by atoms with van der Waals surface area (Å²) in [6, 6.07) is 7.22. The maximum absolute atomic E-state index is 13.3. The van der Waals surface area contributed by atoms with E-state index in [1.807, 2.05) is 13.0 Å². The molecule has 0 atom stereocenters. The third-order valence-electron chi connectivity index (χ3n) is 3.85. The molecular weight excluding hydrogens is 385 g/mol. The van der Waals surface area contributed by atoms with Crippen LogP contribution in [0.2, 0.25) is 5.02 Å². The second kappa shape index (κ2) is 7.32. The molecule has 3 nitrogen and oxygen atoms in total. The number of H-pyrrole nitrogens is 1. The molecule has 26 heavy (non-hydrogen) atoms. The van der Waals surface area contributed by atoms with E-state index in [9.17, 15) is 18.0 Å². The van der Waals surface area contributed by atoms with Crippen molar-refractivity contribution in [3.63, 3.8) is 0 Å². The molecule has 0 amide bonds. The number of thioether (sulfide) groups is 1. The highest BCUT2D eigenvalue weighted by molar-refractivity contribution is 7.99. The summed E-state index contributed by atoms with van der Waals surface area (Å²) < 4.78 is 39.8. The Kier molecular flexibility index (Phi) is 5.29. The summed E-state index contributed by atoms with van der Waals surface area (Å²) in [7, 11) is 0. The Bertz CT molecular complexity index is 1020. The molecule has 1 N–H and O–H groups in total. The highest BCUT2D eigenvalue weighted by Crippen LogP contribution is 2.34. The second-order valence-corrected chi connectivity index (χ2v) is 7.37. The van der Waals surface area contributed by atoms with Gasteiger partial charge in [-0.25, -0.2) is 4.98 Å². The van der Waals surface area contributed by atoms with Gasteiger partial charge in [0.2, 0.25) is 0 Å². The van der Waals surface area contributed by atoms with Gasteiger partial charge in [-0.1, -0.05) is 18.5 Å². The summed E-state index contributed by atoms with van der Waals surface area (Å²) in [6.07, 6.45) is -3.17. The molecule has 0 aliphatic carbocycles. The number of benzene rings is 2. The lowest BCUT2D eigenvalue weighted by Crippen LogP contribution is -2.12. The third kappa shape index (κ3) is 3.88. The Morgan fingerprint density at radius 3 is 2.65 bits per heavy atom. The molecule has 0 aliphatic rings. The van der Waals surface area contributed by atoms with Crippen LogP contribution in [0.15, 0.2) is 46.3 Å². The minimum atomic E-state index is -4.56. The van der Waals surface area contributed by atoms with Crippen molar-refractivity contribution in [2.24, 2.45) is 0 Å². The maximum atomic E-state index is 13.3. The normalized spacial score (nSPS) is 11.9. The molecule has 0 saturated carbocycles. The Morgan fingerprint density at radius 1 is 1.19 bits per heavy atom. The zero-order chi connectivity index (χ0) is 18.9. The van der Waals surface area contributed by atoms with Gasteiger partial charge in [0.25, 0.3) is 5.56 Å². The minimum absolute atomic E-state index is 0.0796. The van der Waals surface area contributed by atoms with Crippen LogP contribution in [0, 0.1) is 0 Å². The number of aromatic nitrogens is 2. The molecule has 0 saturated heterocycles. The van der Waals surface area contributed by atoms with Gasteiger partial charge in [0.1, 0.15) is 0 Å². The lowest BCUT2D eigenvalue weighted by atomic mass is 9.99. The summed E-state index contributed by atoms with van der Waals surface area (Å²) in [5.41, 5.74) is -0.0794. The van der Waals surface area contributed by atoms with Crippen LogP contribution in [0.5, 0.6) is 0 Å². The largest absolute Gasteiger partial charge is 0.416 e. The first kappa shape index (κ1) is 18.8. The van der Waals surface area contributed by atoms with Crippen LogP contribution in [0.1, 0.15) is 23.6 Å². The number of aromatic amines is 1. The molecule has 0 bridgehead atoms. The number of hydrogen-bond acceptors (Lipinski definition) is 3. The van der Waals surface area contributed by atoms with Gasteiger partial charge in [-0.15, -0.1) is 11.8 Å². The standard InChI is InChI=1S/C18H14ClF3N2OS/c1-2-26-15-4-3-13(19)7-10(15)5-11-6-12(18(20,21)22)8-14-16(11)23-9-24-17(14)25/h3-4,6-9H,2,5H2,1H3,(H,23,24,25). The van der Waals surface area contributed by atoms with E-state index in [4.69, 9.17) is 11.6 Å². The Morgan fingerprint density at radius 2 is 1.96 bits per heavy atom. The Hall–Kier alpha value is -1.99. The van der Waals surface area contributed by atoms with Crippen LogP contribution < -0.4 is 5.56 Å². The monoisotopic (exact) mass is 398 g/mol. The lowest BCUT2D eigenvalue weighted by Gasteiger charge is -2.14. The number of nitrogens with zero attached hydrogens (tertiary/aromatic N) is 1. The Balaban J connectivity index is 2.21. The lowest BCUT2D eigenvalue weighted by molar-refractivity contribution is -0.137. The smallest absolute Gasteiger partial charge is 0.313 e. The zero-order valence-electron chi connectivity index (χ0n) is 13.7. The summed E-state index contributed by atoms with van der Waals surface area (Å²) in [5.74, 6) is 0.815. The second-order valence-electron chi connectivity index (χ2n) is 5.62. The van der Waals surface area contributed by atoms with Gasteiger partial charge in [0.05, 0.1) is 22.8 Å². The van der Waals surface area contributed by atoms with Crippen molar-refractivity contribution in [3.05, 3.63) is 68.7 Å². The maximum Gasteiger partial charge on any atom is 0.416 e. The molecule has 2 aromatic carbocycles. The van der Waals surface area contributed by atoms with Crippen molar-refractivity contribution in [3.8, 4) is 0 Å². The SMILES string of the molecule is CCSc1ccc(Cl)cc1Cc1cc(C(F)(F)F)cc2c(=O)[nH]cnc12. The average molecular weight is 399 g/mol. The molecule has 1 aromatic heterocycles. The van der Waals surface area contributed by atoms with Crippen molar-refractivity contribution in [2.45, 2.75) is 24.4 Å². The van der Waals surface area contributed by atoms with Gasteiger partial charge >= 0.3 is 6.18 Å². The number of fused-ring (bicyclic) bond motifs is 1. The van der Waals surface area contributed by atoms with Crippen LogP contribution in [0.4, 0.5) is 13.2 Å². The van der Waals surface area contributed by atoms with Crippen molar-refractivity contribution >= 4 is 34.3 Å². The van der Waals surface area contributed by atoms with Crippen LogP contribution >= 0.6 is 23.4 Å². The number of nitrogens with one attached hydrogen (secondary N) is 1. The van der Waals surface area contributed by atoms with E-state index in [0.717, 1.165) is 28.3 Å². The minimum Gasteiger partial charge on any atom is -0.313 e. The topological polar surface area (TPSA) is 45.8 Å². The quantitative estimate of drug-likeness (QED) is 0.607. The van der Waals surface area contributed by atoms with Gasteiger partial charge in [-0.05, 0) is 47.2 Å². The van der Waals surface area contributed by atoms with Gasteiger partial charge in [-0.2, -0.15) is 13.2 Å². The van der Waals surface area contributed by atoms with E-state index >= 15 is 0 Å². The fraction of sp³-hybridized carbons (Fsp3) is 0.222. The van der Waals surface area contributed by atoms with E-state index in [1.54, 1.807) is 23.9 Å². The molecule has 8 heteroatoms. The van der Waals surface area contributed by atoms with Crippen molar-refractivity contribution in [1.29, 1.82) is 0 Å².